The molecule has 30 heavy (non-hydrogen) atoms. The summed E-state index contributed by atoms with van der Waals surface area (Å²) in [6.45, 7) is 8.00. The zero-order valence-corrected chi connectivity index (χ0v) is 20.4. The molecule has 2 saturated heterocycles. The Morgan fingerprint density at radius 1 is 1.20 bits per heavy atom. The summed E-state index contributed by atoms with van der Waals surface area (Å²) in [4.78, 5) is 10.0. The van der Waals surface area contributed by atoms with Crippen LogP contribution in [-0.2, 0) is 20.1 Å². The zero-order chi connectivity index (χ0) is 20.1. The number of halogens is 1. The van der Waals surface area contributed by atoms with Crippen LogP contribution < -0.4 is 5.32 Å². The fourth-order valence-corrected chi connectivity index (χ4v) is 4.73. The number of guanidine groups is 1. The van der Waals surface area contributed by atoms with E-state index in [0.717, 1.165) is 38.0 Å². The molecule has 1 aromatic carbocycles. The topological polar surface area (TPSA) is 61.6 Å². The third kappa shape index (κ3) is 5.51. The average molecular weight is 523 g/mol. The highest BCUT2D eigenvalue weighted by molar-refractivity contribution is 14.0. The normalized spacial score (nSPS) is 22.3. The molecular formula is C22H34IN7. The van der Waals surface area contributed by atoms with E-state index in [0.29, 0.717) is 18.5 Å². The molecule has 7 nitrogen and oxygen atoms in total. The van der Waals surface area contributed by atoms with E-state index in [2.05, 4.69) is 62.6 Å². The second-order valence-electron chi connectivity index (χ2n) is 8.19. The van der Waals surface area contributed by atoms with Crippen LogP contribution in [0.25, 0.3) is 0 Å². The predicted octanol–water partition coefficient (Wildman–Crippen LogP) is 2.89. The predicted molar refractivity (Wildman–Crippen MR) is 131 cm³/mol. The molecule has 3 heterocycles. The van der Waals surface area contributed by atoms with Crippen molar-refractivity contribution in [1.82, 2.24) is 29.9 Å². The number of hydrogen-bond acceptors (Lipinski definition) is 4. The Bertz CT molecular complexity index is 807. The molecule has 0 amide bonds. The highest BCUT2D eigenvalue weighted by Crippen LogP contribution is 2.31. The van der Waals surface area contributed by atoms with Crippen molar-refractivity contribution in [2.45, 2.75) is 45.3 Å². The van der Waals surface area contributed by atoms with E-state index >= 15 is 0 Å². The van der Waals surface area contributed by atoms with Crippen LogP contribution >= 0.6 is 24.0 Å². The van der Waals surface area contributed by atoms with Crippen molar-refractivity contribution in [2.24, 2.45) is 18.0 Å². The monoisotopic (exact) mass is 523 g/mol. The molecule has 2 aliphatic heterocycles. The van der Waals surface area contributed by atoms with E-state index in [-0.39, 0.29) is 24.0 Å². The van der Waals surface area contributed by atoms with Gasteiger partial charge in [0.25, 0.3) is 0 Å². The molecule has 0 aliphatic carbocycles. The lowest BCUT2D eigenvalue weighted by Crippen LogP contribution is -2.56. The second-order valence-corrected chi connectivity index (χ2v) is 8.19. The lowest BCUT2D eigenvalue weighted by Gasteiger charge is -2.48. The van der Waals surface area contributed by atoms with E-state index < -0.39 is 0 Å². The van der Waals surface area contributed by atoms with Gasteiger partial charge in [-0.3, -0.25) is 4.90 Å². The van der Waals surface area contributed by atoms with Gasteiger partial charge >= 0.3 is 0 Å². The van der Waals surface area contributed by atoms with Crippen molar-refractivity contribution >= 4 is 29.9 Å². The molecule has 0 radical (unpaired) electrons. The Balaban J connectivity index is 0.00000256. The van der Waals surface area contributed by atoms with Crippen LogP contribution in [0.15, 0.2) is 41.7 Å². The number of likely N-dealkylation sites (tertiary alicyclic amines) is 2. The van der Waals surface area contributed by atoms with Crippen molar-refractivity contribution in [2.75, 3.05) is 26.2 Å². The number of nitrogens with one attached hydrogen (secondary N) is 1. The van der Waals surface area contributed by atoms with Crippen molar-refractivity contribution in [1.29, 1.82) is 0 Å². The van der Waals surface area contributed by atoms with Crippen LogP contribution in [0.4, 0.5) is 0 Å². The molecule has 1 aromatic heterocycles. The largest absolute Gasteiger partial charge is 0.357 e. The number of fused-ring (bicyclic) bond motifs is 1. The van der Waals surface area contributed by atoms with Crippen LogP contribution in [-0.4, -0.2) is 62.7 Å². The molecule has 1 N–H and O–H groups in total. The van der Waals surface area contributed by atoms with Gasteiger partial charge in [0.2, 0.25) is 0 Å². The lowest BCUT2D eigenvalue weighted by atomic mass is 9.83. The van der Waals surface area contributed by atoms with Gasteiger partial charge in [0.1, 0.15) is 12.9 Å². The maximum absolute atomic E-state index is 4.86. The second kappa shape index (κ2) is 11.1. The van der Waals surface area contributed by atoms with Gasteiger partial charge in [-0.25, -0.2) is 4.99 Å². The summed E-state index contributed by atoms with van der Waals surface area (Å²) < 4.78 is 1.93. The highest BCUT2D eigenvalue weighted by Gasteiger charge is 2.36. The maximum atomic E-state index is 4.86. The molecule has 2 fully saturated rings. The molecule has 164 valence electrons. The number of rotatable bonds is 5. The Hall–Kier alpha value is -1.68. The van der Waals surface area contributed by atoms with Gasteiger partial charge in [-0.15, -0.1) is 34.2 Å². The number of benzene rings is 1. The van der Waals surface area contributed by atoms with Gasteiger partial charge in [0.15, 0.2) is 11.8 Å². The fourth-order valence-electron chi connectivity index (χ4n) is 4.73. The molecular weight excluding hydrogens is 489 g/mol. The third-order valence-electron chi connectivity index (χ3n) is 6.22. The minimum Gasteiger partial charge on any atom is -0.357 e. The van der Waals surface area contributed by atoms with Crippen LogP contribution in [0.2, 0.25) is 0 Å². The summed E-state index contributed by atoms with van der Waals surface area (Å²) in [5.41, 5.74) is 1.43. The fraction of sp³-hybridized carbons (Fsp3) is 0.591. The molecule has 2 aliphatic rings. The standard InChI is InChI=1S/C22H33N7.HI/c1-3-23-22(24-14-21-26-25-17-27(21)2)29-13-11-20-19(16-29)10-7-12-28(20)15-18-8-5-4-6-9-18;/h4-6,8-9,17,19-20H,3,7,10-16H2,1-2H3,(H,23,24);1H. The van der Waals surface area contributed by atoms with Gasteiger partial charge in [-0.2, -0.15) is 0 Å². The summed E-state index contributed by atoms with van der Waals surface area (Å²) in [5.74, 6) is 2.61. The van der Waals surface area contributed by atoms with Crippen molar-refractivity contribution in [3.63, 3.8) is 0 Å². The molecule has 2 unspecified atom stereocenters. The summed E-state index contributed by atoms with van der Waals surface area (Å²) in [7, 11) is 1.96. The minimum atomic E-state index is 0. The summed E-state index contributed by atoms with van der Waals surface area (Å²) in [6, 6.07) is 11.6. The Kier molecular flexibility index (Phi) is 8.50. The SMILES string of the molecule is CCNC(=NCc1nncn1C)N1CCC2C(CCCN2Cc2ccccc2)C1.I. The van der Waals surface area contributed by atoms with Gasteiger partial charge in [0, 0.05) is 39.3 Å². The highest BCUT2D eigenvalue weighted by atomic mass is 127. The Morgan fingerprint density at radius 3 is 2.77 bits per heavy atom. The number of hydrogen-bond donors (Lipinski definition) is 1. The molecule has 0 spiro atoms. The van der Waals surface area contributed by atoms with E-state index in [9.17, 15) is 0 Å². The first-order valence-corrected chi connectivity index (χ1v) is 10.9. The van der Waals surface area contributed by atoms with Crippen LogP contribution in [0.3, 0.4) is 0 Å². The summed E-state index contributed by atoms with van der Waals surface area (Å²) >= 11 is 0. The first-order chi connectivity index (χ1) is 14.2. The number of aliphatic imine (C=N–C) groups is 1. The van der Waals surface area contributed by atoms with Crippen molar-refractivity contribution < 1.29 is 0 Å². The van der Waals surface area contributed by atoms with Gasteiger partial charge in [-0.1, -0.05) is 30.3 Å². The van der Waals surface area contributed by atoms with E-state index in [1.165, 1.54) is 31.4 Å². The number of piperidine rings is 2. The maximum Gasteiger partial charge on any atom is 0.194 e. The third-order valence-corrected chi connectivity index (χ3v) is 6.22. The van der Waals surface area contributed by atoms with Crippen LogP contribution in [0.1, 0.15) is 37.6 Å². The van der Waals surface area contributed by atoms with E-state index in [4.69, 9.17) is 4.99 Å². The molecule has 0 bridgehead atoms. The van der Waals surface area contributed by atoms with Crippen molar-refractivity contribution in [3.05, 3.63) is 48.0 Å². The van der Waals surface area contributed by atoms with Crippen LogP contribution in [0.5, 0.6) is 0 Å². The minimum absolute atomic E-state index is 0. The first kappa shape index (κ1) is 23.0. The van der Waals surface area contributed by atoms with Gasteiger partial charge in [0.05, 0.1) is 0 Å². The lowest BCUT2D eigenvalue weighted by molar-refractivity contribution is 0.0372. The van der Waals surface area contributed by atoms with Crippen LogP contribution in [0, 0.1) is 5.92 Å². The first-order valence-electron chi connectivity index (χ1n) is 10.9. The zero-order valence-electron chi connectivity index (χ0n) is 18.1. The molecule has 8 heteroatoms. The summed E-state index contributed by atoms with van der Waals surface area (Å²) in [6.07, 6.45) is 5.53. The summed E-state index contributed by atoms with van der Waals surface area (Å²) in [5, 5.41) is 11.6. The average Bonchev–Trinajstić information content (AvgIpc) is 3.16. The Morgan fingerprint density at radius 2 is 2.03 bits per heavy atom. The molecule has 4 rings (SSSR count). The van der Waals surface area contributed by atoms with Gasteiger partial charge in [-0.05, 0) is 44.2 Å². The van der Waals surface area contributed by atoms with Crippen molar-refractivity contribution in [3.8, 4) is 0 Å². The van der Waals surface area contributed by atoms with E-state index in [1.807, 2.05) is 11.6 Å². The number of aryl methyl sites for hydroxylation is 1. The Labute approximate surface area is 197 Å². The molecule has 2 aromatic rings. The molecule has 0 saturated carbocycles. The smallest absolute Gasteiger partial charge is 0.194 e. The van der Waals surface area contributed by atoms with Gasteiger partial charge < -0.3 is 14.8 Å². The molecule has 2 atom stereocenters. The number of aromatic nitrogens is 3. The quantitative estimate of drug-likeness (QED) is 0.371. The number of nitrogens with zero attached hydrogens (tertiary/aromatic N) is 6. The van der Waals surface area contributed by atoms with E-state index in [1.54, 1.807) is 6.33 Å².